The molecule has 2 heterocycles. The fourth-order valence-electron chi connectivity index (χ4n) is 3.89. The molecule has 1 aliphatic rings. The van der Waals surface area contributed by atoms with E-state index < -0.39 is 5.97 Å². The van der Waals surface area contributed by atoms with Gasteiger partial charge >= 0.3 is 5.97 Å². The molecule has 0 fully saturated rings. The number of carbonyl (C=O) groups is 1. The predicted octanol–water partition coefficient (Wildman–Crippen LogP) is 3.39. The Morgan fingerprint density at radius 2 is 2.00 bits per heavy atom. The molecule has 2 aromatic carbocycles. The molecule has 6 nitrogen and oxygen atoms in total. The third-order valence-electron chi connectivity index (χ3n) is 5.52. The second-order valence-electron chi connectivity index (χ2n) is 7.68. The minimum Gasteiger partial charge on any atom is -0.492 e. The number of carboxylic acid groups (broad SMARTS) is 1. The normalized spacial score (nSPS) is 13.7. The number of aliphatic carboxylic acids is 1. The number of aromatic nitrogens is 2. The molecule has 0 aliphatic carbocycles. The lowest BCUT2D eigenvalue weighted by Gasteiger charge is -2.28. The molecule has 0 saturated carbocycles. The zero-order chi connectivity index (χ0) is 20.8. The van der Waals surface area contributed by atoms with Gasteiger partial charge in [0.25, 0.3) is 0 Å². The molecule has 3 aromatic rings. The molecule has 0 atom stereocenters. The highest BCUT2D eigenvalue weighted by atomic mass is 16.5. The molecule has 1 aliphatic heterocycles. The Bertz CT molecular complexity index is 985. The van der Waals surface area contributed by atoms with Crippen molar-refractivity contribution >= 4 is 5.97 Å². The summed E-state index contributed by atoms with van der Waals surface area (Å²) in [5.41, 5.74) is 4.86. The molecule has 6 heteroatoms. The number of aryl methyl sites for hydroxylation is 1. The summed E-state index contributed by atoms with van der Waals surface area (Å²) in [5, 5.41) is 13.3. The number of hydrogen-bond donors (Lipinski definition) is 1. The summed E-state index contributed by atoms with van der Waals surface area (Å²) in [6.45, 7) is 4.06. The van der Waals surface area contributed by atoms with Gasteiger partial charge in [0.15, 0.2) is 0 Å². The van der Waals surface area contributed by atoms with Gasteiger partial charge < -0.3 is 9.84 Å². The van der Waals surface area contributed by atoms with E-state index in [1.165, 1.54) is 11.1 Å². The SMILES string of the molecule is O=C(O)CCc1ccc(Cn2cccn2)cc1OCCN1CCc2ccccc2C1. The van der Waals surface area contributed by atoms with Gasteiger partial charge in [0.05, 0.1) is 6.54 Å². The molecule has 0 spiro atoms. The largest absolute Gasteiger partial charge is 0.492 e. The number of nitrogens with zero attached hydrogens (tertiary/aromatic N) is 3. The van der Waals surface area contributed by atoms with E-state index in [9.17, 15) is 4.79 Å². The Kier molecular flexibility index (Phi) is 6.44. The van der Waals surface area contributed by atoms with Crippen LogP contribution in [0.3, 0.4) is 0 Å². The third kappa shape index (κ3) is 5.27. The molecule has 0 radical (unpaired) electrons. The molecule has 0 bridgehead atoms. The van der Waals surface area contributed by atoms with Gasteiger partial charge in [0, 0.05) is 38.4 Å². The maximum Gasteiger partial charge on any atom is 0.303 e. The number of benzene rings is 2. The van der Waals surface area contributed by atoms with Crippen molar-refractivity contribution in [2.24, 2.45) is 0 Å². The highest BCUT2D eigenvalue weighted by Gasteiger charge is 2.16. The van der Waals surface area contributed by atoms with Gasteiger partial charge in [0.1, 0.15) is 12.4 Å². The minimum absolute atomic E-state index is 0.0950. The van der Waals surface area contributed by atoms with Crippen molar-refractivity contribution in [1.29, 1.82) is 0 Å². The summed E-state index contributed by atoms with van der Waals surface area (Å²) in [6.07, 6.45) is 5.31. The monoisotopic (exact) mass is 405 g/mol. The summed E-state index contributed by atoms with van der Waals surface area (Å²) < 4.78 is 8.02. The van der Waals surface area contributed by atoms with E-state index in [0.29, 0.717) is 19.6 Å². The zero-order valence-corrected chi connectivity index (χ0v) is 17.0. The first kappa shape index (κ1) is 20.2. The van der Waals surface area contributed by atoms with Crippen LogP contribution in [0.15, 0.2) is 60.9 Å². The van der Waals surface area contributed by atoms with Crippen molar-refractivity contribution in [2.75, 3.05) is 19.7 Å². The molecule has 0 amide bonds. The average Bonchev–Trinajstić information content (AvgIpc) is 3.26. The number of rotatable bonds is 9. The van der Waals surface area contributed by atoms with E-state index in [0.717, 1.165) is 42.9 Å². The van der Waals surface area contributed by atoms with Crippen molar-refractivity contribution in [3.05, 3.63) is 83.2 Å². The van der Waals surface area contributed by atoms with Crippen LogP contribution < -0.4 is 4.74 Å². The highest BCUT2D eigenvalue weighted by molar-refractivity contribution is 5.67. The van der Waals surface area contributed by atoms with Gasteiger partial charge in [-0.1, -0.05) is 36.4 Å². The smallest absolute Gasteiger partial charge is 0.303 e. The summed E-state index contributed by atoms with van der Waals surface area (Å²) in [5.74, 6) is -0.0214. The van der Waals surface area contributed by atoms with Crippen LogP contribution in [0, 0.1) is 0 Å². The van der Waals surface area contributed by atoms with Crippen LogP contribution in [0.25, 0.3) is 0 Å². The van der Waals surface area contributed by atoms with Crippen LogP contribution in [0.2, 0.25) is 0 Å². The van der Waals surface area contributed by atoms with E-state index in [1.54, 1.807) is 6.20 Å². The van der Waals surface area contributed by atoms with Crippen molar-refractivity contribution in [3.63, 3.8) is 0 Å². The number of fused-ring (bicyclic) bond motifs is 1. The molecule has 30 heavy (non-hydrogen) atoms. The molecule has 1 N–H and O–H groups in total. The number of ether oxygens (including phenoxy) is 1. The maximum atomic E-state index is 11.0. The van der Waals surface area contributed by atoms with Crippen LogP contribution in [-0.4, -0.2) is 45.5 Å². The molecule has 0 saturated heterocycles. The van der Waals surface area contributed by atoms with Gasteiger partial charge in [-0.05, 0) is 47.2 Å². The van der Waals surface area contributed by atoms with Crippen molar-refractivity contribution in [3.8, 4) is 5.75 Å². The van der Waals surface area contributed by atoms with Gasteiger partial charge in [-0.2, -0.15) is 5.10 Å². The minimum atomic E-state index is -0.798. The Labute approximate surface area is 176 Å². The maximum absolute atomic E-state index is 11.0. The number of carboxylic acids is 1. The van der Waals surface area contributed by atoms with Crippen molar-refractivity contribution in [2.45, 2.75) is 32.4 Å². The summed E-state index contributed by atoms with van der Waals surface area (Å²) in [4.78, 5) is 13.4. The fourth-order valence-corrected chi connectivity index (χ4v) is 3.89. The van der Waals surface area contributed by atoms with Crippen LogP contribution in [0.4, 0.5) is 0 Å². The van der Waals surface area contributed by atoms with Crippen LogP contribution in [-0.2, 0) is 30.7 Å². The summed E-state index contributed by atoms with van der Waals surface area (Å²) in [7, 11) is 0. The van der Waals surface area contributed by atoms with E-state index in [1.807, 2.05) is 35.1 Å². The van der Waals surface area contributed by atoms with Crippen LogP contribution in [0.1, 0.15) is 28.7 Å². The Hall–Kier alpha value is -3.12. The molecule has 1 aromatic heterocycles. The van der Waals surface area contributed by atoms with Gasteiger partial charge in [-0.15, -0.1) is 0 Å². The first-order valence-corrected chi connectivity index (χ1v) is 10.4. The molecular weight excluding hydrogens is 378 g/mol. The predicted molar refractivity (Wildman–Crippen MR) is 115 cm³/mol. The summed E-state index contributed by atoms with van der Waals surface area (Å²) >= 11 is 0. The average molecular weight is 405 g/mol. The second-order valence-corrected chi connectivity index (χ2v) is 7.68. The third-order valence-corrected chi connectivity index (χ3v) is 5.52. The van der Waals surface area contributed by atoms with Crippen molar-refractivity contribution < 1.29 is 14.6 Å². The van der Waals surface area contributed by atoms with E-state index in [2.05, 4.69) is 34.3 Å². The lowest BCUT2D eigenvalue weighted by Crippen LogP contribution is -2.33. The van der Waals surface area contributed by atoms with E-state index in [-0.39, 0.29) is 6.42 Å². The lowest BCUT2D eigenvalue weighted by atomic mass is 10.0. The Morgan fingerprint density at radius 1 is 1.13 bits per heavy atom. The topological polar surface area (TPSA) is 67.6 Å². The van der Waals surface area contributed by atoms with E-state index in [4.69, 9.17) is 9.84 Å². The van der Waals surface area contributed by atoms with Gasteiger partial charge in [0.2, 0.25) is 0 Å². The zero-order valence-electron chi connectivity index (χ0n) is 17.0. The highest BCUT2D eigenvalue weighted by Crippen LogP contribution is 2.24. The van der Waals surface area contributed by atoms with Gasteiger partial charge in [-0.25, -0.2) is 0 Å². The fraction of sp³-hybridized carbons (Fsp3) is 0.333. The van der Waals surface area contributed by atoms with Crippen molar-refractivity contribution in [1.82, 2.24) is 14.7 Å². The second kappa shape index (κ2) is 9.59. The first-order chi connectivity index (χ1) is 14.7. The standard InChI is InChI=1S/C24H27N3O3/c28-24(29)9-8-21-7-6-19(17-27-12-3-11-25-27)16-23(21)30-15-14-26-13-10-20-4-1-2-5-22(20)18-26/h1-7,11-12,16H,8-10,13-15,17-18H2,(H,28,29). The molecule has 0 unspecified atom stereocenters. The van der Waals surface area contributed by atoms with Gasteiger partial charge in [-0.3, -0.25) is 14.4 Å². The Balaban J connectivity index is 1.39. The van der Waals surface area contributed by atoms with E-state index >= 15 is 0 Å². The van der Waals surface area contributed by atoms with Crippen LogP contribution >= 0.6 is 0 Å². The molecule has 156 valence electrons. The molecule has 4 rings (SSSR count). The lowest BCUT2D eigenvalue weighted by molar-refractivity contribution is -0.136. The molecular formula is C24H27N3O3. The number of hydrogen-bond acceptors (Lipinski definition) is 4. The quantitative estimate of drug-likeness (QED) is 0.591. The summed E-state index contributed by atoms with van der Waals surface area (Å²) in [6, 6.07) is 16.5. The first-order valence-electron chi connectivity index (χ1n) is 10.4. The van der Waals surface area contributed by atoms with Crippen LogP contribution in [0.5, 0.6) is 5.75 Å². The Morgan fingerprint density at radius 3 is 2.80 bits per heavy atom.